The number of hydrogen-bond acceptors (Lipinski definition) is 5. The maximum Gasteiger partial charge on any atom is 0.277 e. The van der Waals surface area contributed by atoms with E-state index in [1.54, 1.807) is 12.1 Å². The van der Waals surface area contributed by atoms with Crippen LogP contribution in [0.4, 0.5) is 4.39 Å². The van der Waals surface area contributed by atoms with Crippen LogP contribution in [0.25, 0.3) is 0 Å². The third-order valence-electron chi connectivity index (χ3n) is 2.87. The van der Waals surface area contributed by atoms with E-state index in [1.165, 1.54) is 36.5 Å². The van der Waals surface area contributed by atoms with E-state index < -0.39 is 5.91 Å². The number of rotatable bonds is 7. The molecule has 2 N–H and O–H groups in total. The van der Waals surface area contributed by atoms with Gasteiger partial charge in [0.05, 0.1) is 12.8 Å². The second-order valence-electron chi connectivity index (χ2n) is 4.70. The third kappa shape index (κ3) is 5.28. The SMILES string of the molecule is CCOc1cc(/C=N/NC(=O)COc2ccc(F)cc2)ccc1O. The Morgan fingerprint density at radius 3 is 2.71 bits per heavy atom. The Kier molecular flexibility index (Phi) is 6.13. The van der Waals surface area contributed by atoms with Crippen LogP contribution in [0.5, 0.6) is 17.2 Å². The monoisotopic (exact) mass is 332 g/mol. The molecule has 0 saturated heterocycles. The quantitative estimate of drug-likeness (QED) is 0.603. The van der Waals surface area contributed by atoms with E-state index in [9.17, 15) is 14.3 Å². The number of aromatic hydroxyl groups is 1. The van der Waals surface area contributed by atoms with Crippen LogP contribution in [0.15, 0.2) is 47.6 Å². The van der Waals surface area contributed by atoms with Crippen molar-refractivity contribution in [3.8, 4) is 17.2 Å². The first kappa shape index (κ1) is 17.3. The van der Waals surface area contributed by atoms with E-state index in [0.717, 1.165) is 0 Å². The van der Waals surface area contributed by atoms with Crippen molar-refractivity contribution in [2.24, 2.45) is 5.10 Å². The molecule has 0 aliphatic carbocycles. The molecule has 1 amide bonds. The summed E-state index contributed by atoms with van der Waals surface area (Å²) in [4.78, 5) is 11.6. The second kappa shape index (κ2) is 8.52. The molecule has 0 unspecified atom stereocenters. The van der Waals surface area contributed by atoms with E-state index in [1.807, 2.05) is 6.92 Å². The molecule has 2 aromatic carbocycles. The number of hydrogen-bond donors (Lipinski definition) is 2. The number of amides is 1. The number of hydrazone groups is 1. The zero-order valence-corrected chi connectivity index (χ0v) is 13.0. The Bertz CT molecular complexity index is 717. The van der Waals surface area contributed by atoms with Gasteiger partial charge in [0.15, 0.2) is 18.1 Å². The second-order valence-corrected chi connectivity index (χ2v) is 4.70. The van der Waals surface area contributed by atoms with E-state index in [4.69, 9.17) is 9.47 Å². The van der Waals surface area contributed by atoms with Crippen molar-refractivity contribution in [2.75, 3.05) is 13.2 Å². The Labute approximate surface area is 138 Å². The fraction of sp³-hybridized carbons (Fsp3) is 0.176. The van der Waals surface area contributed by atoms with Crippen molar-refractivity contribution in [3.63, 3.8) is 0 Å². The van der Waals surface area contributed by atoms with Crippen LogP contribution in [0.2, 0.25) is 0 Å². The highest BCUT2D eigenvalue weighted by molar-refractivity contribution is 5.83. The van der Waals surface area contributed by atoms with Crippen LogP contribution < -0.4 is 14.9 Å². The number of carbonyl (C=O) groups excluding carboxylic acids is 1. The minimum Gasteiger partial charge on any atom is -0.504 e. The summed E-state index contributed by atoms with van der Waals surface area (Å²) < 4.78 is 23.2. The van der Waals surface area contributed by atoms with Gasteiger partial charge in [-0.15, -0.1) is 0 Å². The molecule has 0 radical (unpaired) electrons. The predicted octanol–water partition coefficient (Wildman–Crippen LogP) is 2.46. The standard InChI is InChI=1S/C17H17FN2O4/c1-2-23-16-9-12(3-8-15(16)21)10-19-20-17(22)11-24-14-6-4-13(18)5-7-14/h3-10,21H,2,11H2,1H3,(H,20,22)/b19-10+. The molecule has 0 spiro atoms. The van der Waals surface area contributed by atoms with Gasteiger partial charge in [-0.2, -0.15) is 5.10 Å². The average Bonchev–Trinajstić information content (AvgIpc) is 2.57. The van der Waals surface area contributed by atoms with Gasteiger partial charge in [-0.1, -0.05) is 0 Å². The fourth-order valence-corrected chi connectivity index (χ4v) is 1.77. The summed E-state index contributed by atoms with van der Waals surface area (Å²) in [7, 11) is 0. The summed E-state index contributed by atoms with van der Waals surface area (Å²) in [6.07, 6.45) is 1.41. The van der Waals surface area contributed by atoms with Gasteiger partial charge in [-0.3, -0.25) is 4.79 Å². The molecule has 7 heteroatoms. The molecule has 0 aromatic heterocycles. The molecule has 24 heavy (non-hydrogen) atoms. The minimum atomic E-state index is -0.459. The lowest BCUT2D eigenvalue weighted by atomic mass is 10.2. The highest BCUT2D eigenvalue weighted by Gasteiger charge is 2.03. The van der Waals surface area contributed by atoms with Crippen molar-refractivity contribution in [2.45, 2.75) is 6.92 Å². The van der Waals surface area contributed by atoms with Crippen LogP contribution in [-0.2, 0) is 4.79 Å². The minimum absolute atomic E-state index is 0.0331. The summed E-state index contributed by atoms with van der Waals surface area (Å²) in [5.74, 6) is -0.0790. The van der Waals surface area contributed by atoms with Crippen LogP contribution in [-0.4, -0.2) is 30.4 Å². The predicted molar refractivity (Wildman–Crippen MR) is 86.9 cm³/mol. The molecular weight excluding hydrogens is 315 g/mol. The Hall–Kier alpha value is -3.09. The Morgan fingerprint density at radius 2 is 2.00 bits per heavy atom. The number of benzene rings is 2. The van der Waals surface area contributed by atoms with Gasteiger partial charge in [-0.25, -0.2) is 9.82 Å². The molecule has 6 nitrogen and oxygen atoms in total. The van der Waals surface area contributed by atoms with Crippen molar-refractivity contribution in [1.29, 1.82) is 0 Å². The number of nitrogens with one attached hydrogen (secondary N) is 1. The van der Waals surface area contributed by atoms with Gasteiger partial charge < -0.3 is 14.6 Å². The lowest BCUT2D eigenvalue weighted by molar-refractivity contribution is -0.123. The first-order valence-electron chi connectivity index (χ1n) is 7.24. The summed E-state index contributed by atoms with van der Waals surface area (Å²) in [5.41, 5.74) is 2.96. The maximum absolute atomic E-state index is 12.7. The first-order chi connectivity index (χ1) is 11.6. The smallest absolute Gasteiger partial charge is 0.277 e. The average molecular weight is 332 g/mol. The molecule has 0 aliphatic heterocycles. The normalized spacial score (nSPS) is 10.6. The van der Waals surface area contributed by atoms with Crippen LogP contribution in [0.1, 0.15) is 12.5 Å². The van der Waals surface area contributed by atoms with Crippen molar-refractivity contribution >= 4 is 12.1 Å². The Balaban J connectivity index is 1.83. The molecule has 0 heterocycles. The summed E-state index contributed by atoms with van der Waals surface area (Å²) in [5, 5.41) is 13.4. The van der Waals surface area contributed by atoms with Crippen LogP contribution >= 0.6 is 0 Å². The largest absolute Gasteiger partial charge is 0.504 e. The molecule has 0 saturated carbocycles. The lowest BCUT2D eigenvalue weighted by Crippen LogP contribution is -2.24. The van der Waals surface area contributed by atoms with Gasteiger partial charge >= 0.3 is 0 Å². The molecular formula is C17H17FN2O4. The van der Waals surface area contributed by atoms with Gasteiger partial charge in [0.25, 0.3) is 5.91 Å². The maximum atomic E-state index is 12.7. The molecule has 0 atom stereocenters. The Morgan fingerprint density at radius 1 is 1.25 bits per heavy atom. The lowest BCUT2D eigenvalue weighted by Gasteiger charge is -2.06. The van der Waals surface area contributed by atoms with Gasteiger partial charge in [-0.05, 0) is 55.0 Å². The zero-order chi connectivity index (χ0) is 17.4. The van der Waals surface area contributed by atoms with E-state index in [2.05, 4.69) is 10.5 Å². The molecule has 0 fully saturated rings. The van der Waals surface area contributed by atoms with Crippen molar-refractivity contribution in [3.05, 3.63) is 53.8 Å². The third-order valence-corrected chi connectivity index (χ3v) is 2.87. The highest BCUT2D eigenvalue weighted by Crippen LogP contribution is 2.26. The number of phenolic OH excluding ortho intramolecular Hbond substituents is 1. The van der Waals surface area contributed by atoms with Crippen LogP contribution in [0.3, 0.4) is 0 Å². The number of ether oxygens (including phenoxy) is 2. The highest BCUT2D eigenvalue weighted by atomic mass is 19.1. The number of carbonyl (C=O) groups is 1. The fourth-order valence-electron chi connectivity index (χ4n) is 1.77. The van der Waals surface area contributed by atoms with E-state index in [0.29, 0.717) is 23.7 Å². The first-order valence-corrected chi connectivity index (χ1v) is 7.24. The summed E-state index contributed by atoms with van der Waals surface area (Å²) in [6, 6.07) is 10.0. The molecule has 2 aromatic rings. The number of nitrogens with zero attached hydrogens (tertiary/aromatic N) is 1. The van der Waals surface area contributed by atoms with Gasteiger partial charge in [0.1, 0.15) is 11.6 Å². The van der Waals surface area contributed by atoms with Crippen LogP contribution in [0, 0.1) is 5.82 Å². The summed E-state index contributed by atoms with van der Waals surface area (Å²) >= 11 is 0. The molecule has 0 bridgehead atoms. The molecule has 126 valence electrons. The van der Waals surface area contributed by atoms with Crippen molar-refractivity contribution in [1.82, 2.24) is 5.43 Å². The summed E-state index contributed by atoms with van der Waals surface area (Å²) in [6.45, 7) is 1.98. The topological polar surface area (TPSA) is 80.2 Å². The molecule has 2 rings (SSSR count). The van der Waals surface area contributed by atoms with Crippen molar-refractivity contribution < 1.29 is 23.8 Å². The van der Waals surface area contributed by atoms with Gasteiger partial charge in [0, 0.05) is 0 Å². The zero-order valence-electron chi connectivity index (χ0n) is 13.0. The van der Waals surface area contributed by atoms with E-state index >= 15 is 0 Å². The van der Waals surface area contributed by atoms with E-state index in [-0.39, 0.29) is 18.2 Å². The number of halogens is 1. The molecule has 0 aliphatic rings. The van der Waals surface area contributed by atoms with Gasteiger partial charge in [0.2, 0.25) is 0 Å². The number of phenols is 1.